The Kier molecular flexibility index (Phi) is 9.51. The Hall–Kier alpha value is 1.14. The van der Waals surface area contributed by atoms with Crippen molar-refractivity contribution in [3.8, 4) is 0 Å². The first-order chi connectivity index (χ1) is 8.76. The van der Waals surface area contributed by atoms with Crippen molar-refractivity contribution in [3.05, 3.63) is 34.4 Å². The normalized spacial score (nSPS) is 10.9. The van der Waals surface area contributed by atoms with Crippen molar-refractivity contribution in [3.63, 3.8) is 0 Å². The Morgan fingerprint density at radius 3 is 0.889 bits per heavy atom. The lowest BCUT2D eigenvalue weighted by molar-refractivity contribution is 0.995. The van der Waals surface area contributed by atoms with Gasteiger partial charge < -0.3 is 0 Å². The minimum atomic E-state index is 1.04. The SMILES string of the molecule is BrCCc1cc(CCBr)c(CCBr)cc1CCBr. The van der Waals surface area contributed by atoms with Gasteiger partial charge in [0.15, 0.2) is 0 Å². The van der Waals surface area contributed by atoms with Crippen LogP contribution < -0.4 is 0 Å². The van der Waals surface area contributed by atoms with E-state index in [1.54, 1.807) is 0 Å². The Bertz CT molecular complexity index is 297. The van der Waals surface area contributed by atoms with Crippen LogP contribution in [-0.4, -0.2) is 21.3 Å². The first kappa shape index (κ1) is 17.2. The van der Waals surface area contributed by atoms with Crippen LogP contribution in [0.15, 0.2) is 12.1 Å². The lowest BCUT2D eigenvalue weighted by Crippen LogP contribution is -2.04. The molecule has 0 spiro atoms. The molecule has 1 rings (SSSR count). The molecular weight excluding hydrogens is 488 g/mol. The molecule has 0 aromatic heterocycles. The maximum absolute atomic E-state index is 3.56. The van der Waals surface area contributed by atoms with Gasteiger partial charge in [0.2, 0.25) is 0 Å². The van der Waals surface area contributed by atoms with E-state index in [1.807, 2.05) is 0 Å². The van der Waals surface area contributed by atoms with Crippen molar-refractivity contribution in [2.45, 2.75) is 25.7 Å². The topological polar surface area (TPSA) is 0 Å². The minimum absolute atomic E-state index is 1.04. The Morgan fingerprint density at radius 2 is 0.722 bits per heavy atom. The molecule has 18 heavy (non-hydrogen) atoms. The number of benzene rings is 1. The zero-order chi connectivity index (χ0) is 13.4. The summed E-state index contributed by atoms with van der Waals surface area (Å²) in [5.74, 6) is 0. The molecule has 0 saturated heterocycles. The second-order valence-corrected chi connectivity index (χ2v) is 7.32. The maximum Gasteiger partial charge on any atom is 0.00719 e. The van der Waals surface area contributed by atoms with Crippen LogP contribution in [0.2, 0.25) is 0 Å². The molecule has 0 radical (unpaired) electrons. The molecule has 0 aliphatic heterocycles. The van der Waals surface area contributed by atoms with Crippen LogP contribution in [0, 0.1) is 0 Å². The van der Waals surface area contributed by atoms with E-state index in [-0.39, 0.29) is 0 Å². The molecule has 0 N–H and O–H groups in total. The molecule has 102 valence electrons. The van der Waals surface area contributed by atoms with E-state index in [4.69, 9.17) is 0 Å². The van der Waals surface area contributed by atoms with Crippen molar-refractivity contribution < 1.29 is 0 Å². The fraction of sp³-hybridized carbons (Fsp3) is 0.571. The largest absolute Gasteiger partial charge is 0.0924 e. The van der Waals surface area contributed by atoms with E-state index in [9.17, 15) is 0 Å². The highest BCUT2D eigenvalue weighted by molar-refractivity contribution is 9.09. The molecule has 0 unspecified atom stereocenters. The van der Waals surface area contributed by atoms with Gasteiger partial charge in [-0.25, -0.2) is 0 Å². The Morgan fingerprint density at radius 1 is 0.500 bits per heavy atom. The zero-order valence-corrected chi connectivity index (χ0v) is 16.7. The van der Waals surface area contributed by atoms with E-state index in [1.165, 1.54) is 22.3 Å². The van der Waals surface area contributed by atoms with Crippen LogP contribution in [0.3, 0.4) is 0 Å². The smallest absolute Gasteiger partial charge is 0.00719 e. The van der Waals surface area contributed by atoms with E-state index in [0.29, 0.717) is 0 Å². The molecule has 4 heteroatoms. The van der Waals surface area contributed by atoms with Crippen LogP contribution in [-0.2, 0) is 25.7 Å². The Labute approximate surface area is 144 Å². The van der Waals surface area contributed by atoms with Gasteiger partial charge in [0, 0.05) is 21.3 Å². The maximum atomic E-state index is 3.56. The van der Waals surface area contributed by atoms with Crippen molar-refractivity contribution in [2.75, 3.05) is 21.3 Å². The van der Waals surface area contributed by atoms with E-state index in [2.05, 4.69) is 75.9 Å². The molecule has 0 aliphatic rings. The lowest BCUT2D eigenvalue weighted by Gasteiger charge is -2.15. The number of alkyl halides is 4. The molecule has 0 nitrogen and oxygen atoms in total. The van der Waals surface area contributed by atoms with Gasteiger partial charge >= 0.3 is 0 Å². The summed E-state index contributed by atoms with van der Waals surface area (Å²) in [5.41, 5.74) is 6.00. The first-order valence-corrected chi connectivity index (χ1v) is 10.6. The summed E-state index contributed by atoms with van der Waals surface area (Å²) in [6.45, 7) is 0. The van der Waals surface area contributed by atoms with Gasteiger partial charge in [-0.05, 0) is 47.9 Å². The summed E-state index contributed by atoms with van der Waals surface area (Å²) in [5, 5.41) is 4.14. The second-order valence-electron chi connectivity index (χ2n) is 4.15. The fourth-order valence-corrected chi connectivity index (χ4v) is 3.84. The van der Waals surface area contributed by atoms with Gasteiger partial charge in [0.05, 0.1) is 0 Å². The molecule has 0 fully saturated rings. The summed E-state index contributed by atoms with van der Waals surface area (Å²) in [6.07, 6.45) is 4.47. The minimum Gasteiger partial charge on any atom is -0.0924 e. The average Bonchev–Trinajstić information content (AvgIpc) is 2.35. The summed E-state index contributed by atoms with van der Waals surface area (Å²) < 4.78 is 0. The number of aryl methyl sites for hydroxylation is 4. The molecule has 0 aliphatic carbocycles. The number of halogens is 4. The van der Waals surface area contributed by atoms with Crippen molar-refractivity contribution in [1.82, 2.24) is 0 Å². The predicted octanol–water partition coefficient (Wildman–Crippen LogP) is 5.44. The highest BCUT2D eigenvalue weighted by Gasteiger charge is 2.09. The number of hydrogen-bond acceptors (Lipinski definition) is 0. The Balaban J connectivity index is 3.11. The lowest BCUT2D eigenvalue weighted by atomic mass is 9.93. The average molecular weight is 506 g/mol. The summed E-state index contributed by atoms with van der Waals surface area (Å²) >= 11 is 14.2. The van der Waals surface area contributed by atoms with Gasteiger partial charge in [-0.2, -0.15) is 0 Å². The third-order valence-corrected chi connectivity index (χ3v) is 4.56. The standard InChI is InChI=1S/C14H18Br4/c15-5-1-11-9-13(3-7-17)14(4-8-18)10-12(11)2-6-16/h9-10H,1-8H2. The molecule has 0 atom stereocenters. The summed E-state index contributed by atoms with van der Waals surface area (Å²) in [7, 11) is 0. The van der Waals surface area contributed by atoms with Crippen LogP contribution in [0.4, 0.5) is 0 Å². The highest BCUT2D eigenvalue weighted by atomic mass is 79.9. The van der Waals surface area contributed by atoms with Crippen molar-refractivity contribution in [2.24, 2.45) is 0 Å². The van der Waals surface area contributed by atoms with Crippen molar-refractivity contribution in [1.29, 1.82) is 0 Å². The van der Waals surface area contributed by atoms with Crippen LogP contribution >= 0.6 is 63.7 Å². The van der Waals surface area contributed by atoms with Crippen LogP contribution in [0.25, 0.3) is 0 Å². The molecule has 0 heterocycles. The molecule has 0 saturated carbocycles. The summed E-state index contributed by atoms with van der Waals surface area (Å²) in [6, 6.07) is 4.83. The quantitative estimate of drug-likeness (QED) is 0.413. The van der Waals surface area contributed by atoms with E-state index in [0.717, 1.165) is 47.0 Å². The second kappa shape index (κ2) is 9.95. The number of rotatable bonds is 8. The predicted molar refractivity (Wildman–Crippen MR) is 96.4 cm³/mol. The third-order valence-electron chi connectivity index (χ3n) is 2.98. The molecular formula is C14H18Br4. The van der Waals surface area contributed by atoms with Gasteiger partial charge in [0.1, 0.15) is 0 Å². The summed E-state index contributed by atoms with van der Waals surface area (Å²) in [4.78, 5) is 0. The van der Waals surface area contributed by atoms with Crippen LogP contribution in [0.5, 0.6) is 0 Å². The third kappa shape index (κ3) is 5.26. The molecule has 0 amide bonds. The van der Waals surface area contributed by atoms with Gasteiger partial charge in [-0.15, -0.1) is 0 Å². The van der Waals surface area contributed by atoms with Crippen LogP contribution in [0.1, 0.15) is 22.3 Å². The fourth-order valence-electron chi connectivity index (χ4n) is 2.13. The van der Waals surface area contributed by atoms with Crippen molar-refractivity contribution >= 4 is 63.7 Å². The number of hydrogen-bond donors (Lipinski definition) is 0. The van der Waals surface area contributed by atoms with E-state index < -0.39 is 0 Å². The molecule has 0 bridgehead atoms. The molecule has 1 aromatic rings. The van der Waals surface area contributed by atoms with E-state index >= 15 is 0 Å². The first-order valence-electron chi connectivity index (χ1n) is 6.14. The zero-order valence-electron chi connectivity index (χ0n) is 10.3. The van der Waals surface area contributed by atoms with Gasteiger partial charge in [0.25, 0.3) is 0 Å². The van der Waals surface area contributed by atoms with Gasteiger partial charge in [-0.3, -0.25) is 0 Å². The highest BCUT2D eigenvalue weighted by Crippen LogP contribution is 2.22. The van der Waals surface area contributed by atoms with Gasteiger partial charge in [-0.1, -0.05) is 75.9 Å². The monoisotopic (exact) mass is 502 g/mol. The molecule has 1 aromatic carbocycles.